The Kier molecular flexibility index (Phi) is 2.95. The summed E-state index contributed by atoms with van der Waals surface area (Å²) < 4.78 is 2.16. The molecule has 0 aromatic heterocycles. The Balaban J connectivity index is 2.26. The highest BCUT2D eigenvalue weighted by Crippen LogP contribution is 2.38. The Hall–Kier alpha value is -3.07. The Labute approximate surface area is 134 Å². The van der Waals surface area contributed by atoms with Crippen molar-refractivity contribution in [1.29, 1.82) is 5.41 Å². The fourth-order valence-corrected chi connectivity index (χ4v) is 3.28. The first-order chi connectivity index (χ1) is 11.1. The minimum absolute atomic E-state index is 0.516. The number of hydrogen-bond donors (Lipinski definition) is 2. The van der Waals surface area contributed by atoms with Gasteiger partial charge in [-0.3, -0.25) is 0 Å². The zero-order valence-electron chi connectivity index (χ0n) is 12.9. The first-order valence-corrected chi connectivity index (χ1v) is 7.57. The molecule has 3 N–H and O–H groups in total. The Morgan fingerprint density at radius 1 is 0.870 bits per heavy atom. The lowest BCUT2D eigenvalue weighted by atomic mass is 9.95. The topological polar surface area (TPSA) is 54.8 Å². The third-order valence-electron chi connectivity index (χ3n) is 4.33. The molecule has 2 aromatic rings. The smallest absolute Gasteiger partial charge is 0.0562 e. The number of benzene rings is 3. The standard InChI is InChI=1S/C20H17N3/c1-23-19-12-15(22)8-10-17(19)16-9-7-14(21)11-18(16)20(23)13-5-3-2-4-6-13/h2-12,22H,21H2,1H3. The van der Waals surface area contributed by atoms with Crippen molar-refractivity contribution in [2.75, 3.05) is 5.73 Å². The fraction of sp³-hybridized carbons (Fsp3) is 0.0500. The molecule has 4 rings (SSSR count). The largest absolute Gasteiger partial charge is 0.399 e. The zero-order valence-corrected chi connectivity index (χ0v) is 12.9. The quantitative estimate of drug-likeness (QED) is 0.405. The summed E-state index contributed by atoms with van der Waals surface area (Å²) >= 11 is 0. The van der Waals surface area contributed by atoms with Crippen LogP contribution in [-0.2, 0) is 7.05 Å². The summed E-state index contributed by atoms with van der Waals surface area (Å²) in [6, 6.07) is 22.1. The normalized spacial score (nSPS) is 11.2. The first kappa shape index (κ1) is 13.6. The van der Waals surface area contributed by atoms with E-state index in [4.69, 9.17) is 11.1 Å². The summed E-state index contributed by atoms with van der Waals surface area (Å²) in [6.07, 6.45) is 0. The van der Waals surface area contributed by atoms with Crippen LogP contribution in [0.3, 0.4) is 0 Å². The maximum Gasteiger partial charge on any atom is 0.0562 e. The van der Waals surface area contributed by atoms with E-state index in [0.717, 1.165) is 39.0 Å². The molecule has 0 saturated carbocycles. The van der Waals surface area contributed by atoms with Crippen molar-refractivity contribution in [2.45, 2.75) is 0 Å². The second-order valence-corrected chi connectivity index (χ2v) is 5.81. The lowest BCUT2D eigenvalue weighted by molar-refractivity contribution is 0.929. The van der Waals surface area contributed by atoms with Crippen molar-refractivity contribution >= 4 is 16.5 Å². The number of nitrogens with two attached hydrogens (primary N) is 1. The van der Waals surface area contributed by atoms with E-state index in [-0.39, 0.29) is 0 Å². The summed E-state index contributed by atoms with van der Waals surface area (Å²) in [4.78, 5) is 0. The average molecular weight is 299 g/mol. The van der Waals surface area contributed by atoms with Crippen LogP contribution in [0.5, 0.6) is 0 Å². The van der Waals surface area contributed by atoms with Crippen LogP contribution in [-0.4, -0.2) is 4.57 Å². The van der Waals surface area contributed by atoms with Gasteiger partial charge in [-0.15, -0.1) is 0 Å². The number of rotatable bonds is 1. The number of nitrogens with zero attached hydrogens (tertiary/aromatic N) is 1. The molecule has 0 amide bonds. The Bertz CT molecular complexity index is 1050. The summed E-state index contributed by atoms with van der Waals surface area (Å²) in [5.74, 6) is 0. The van der Waals surface area contributed by atoms with Crippen LogP contribution in [0.25, 0.3) is 33.3 Å². The van der Waals surface area contributed by atoms with Crippen molar-refractivity contribution < 1.29 is 0 Å². The van der Waals surface area contributed by atoms with Gasteiger partial charge in [0, 0.05) is 23.7 Å². The molecular formula is C20H17N3. The fourth-order valence-electron chi connectivity index (χ4n) is 3.28. The van der Waals surface area contributed by atoms with Crippen molar-refractivity contribution in [1.82, 2.24) is 4.57 Å². The highest BCUT2D eigenvalue weighted by molar-refractivity contribution is 6.05. The van der Waals surface area contributed by atoms with Crippen molar-refractivity contribution in [2.24, 2.45) is 7.05 Å². The van der Waals surface area contributed by atoms with Gasteiger partial charge < -0.3 is 15.7 Å². The van der Waals surface area contributed by atoms with Crippen molar-refractivity contribution in [3.05, 3.63) is 72.1 Å². The first-order valence-electron chi connectivity index (χ1n) is 7.57. The summed E-state index contributed by atoms with van der Waals surface area (Å²) in [5.41, 5.74) is 11.3. The Morgan fingerprint density at radius 3 is 2.43 bits per heavy atom. The summed E-state index contributed by atoms with van der Waals surface area (Å²) in [6.45, 7) is 0. The van der Waals surface area contributed by atoms with Crippen LogP contribution in [0.15, 0.2) is 66.7 Å². The van der Waals surface area contributed by atoms with Gasteiger partial charge in [-0.1, -0.05) is 42.5 Å². The second-order valence-electron chi connectivity index (χ2n) is 5.81. The van der Waals surface area contributed by atoms with E-state index in [1.165, 1.54) is 0 Å². The van der Waals surface area contributed by atoms with Crippen LogP contribution in [0.2, 0.25) is 0 Å². The number of aromatic nitrogens is 1. The van der Waals surface area contributed by atoms with E-state index in [2.05, 4.69) is 22.8 Å². The highest BCUT2D eigenvalue weighted by Gasteiger charge is 2.16. The molecular weight excluding hydrogens is 282 g/mol. The maximum absolute atomic E-state index is 7.96. The molecule has 0 atom stereocenters. The van der Waals surface area contributed by atoms with E-state index in [9.17, 15) is 0 Å². The molecule has 3 nitrogen and oxygen atoms in total. The number of fused-ring (bicyclic) bond motifs is 3. The van der Waals surface area contributed by atoms with Crippen LogP contribution < -0.4 is 11.1 Å². The second kappa shape index (κ2) is 4.99. The van der Waals surface area contributed by atoms with Gasteiger partial charge >= 0.3 is 0 Å². The van der Waals surface area contributed by atoms with Crippen LogP contribution in [0, 0.1) is 5.41 Å². The van der Waals surface area contributed by atoms with Crippen molar-refractivity contribution in [3.63, 3.8) is 0 Å². The molecule has 1 aliphatic carbocycles. The molecule has 0 saturated heterocycles. The Morgan fingerprint density at radius 2 is 1.65 bits per heavy atom. The van der Waals surface area contributed by atoms with Gasteiger partial charge in [0.2, 0.25) is 0 Å². The molecule has 1 heterocycles. The monoisotopic (exact) mass is 299 g/mol. The van der Waals surface area contributed by atoms with E-state index in [1.807, 2.05) is 55.6 Å². The van der Waals surface area contributed by atoms with Gasteiger partial charge in [-0.2, -0.15) is 0 Å². The van der Waals surface area contributed by atoms with Crippen LogP contribution >= 0.6 is 0 Å². The number of hydrogen-bond acceptors (Lipinski definition) is 2. The molecule has 0 radical (unpaired) electrons. The van der Waals surface area contributed by atoms with E-state index >= 15 is 0 Å². The lowest BCUT2D eigenvalue weighted by Gasteiger charge is -2.21. The number of pyridine rings is 1. The molecule has 0 unspecified atom stereocenters. The van der Waals surface area contributed by atoms with Crippen LogP contribution in [0.1, 0.15) is 0 Å². The van der Waals surface area contributed by atoms with Gasteiger partial charge in [0.15, 0.2) is 0 Å². The molecule has 3 heteroatoms. The zero-order chi connectivity index (χ0) is 16.0. The lowest BCUT2D eigenvalue weighted by Crippen LogP contribution is -2.08. The van der Waals surface area contributed by atoms with E-state index in [1.54, 1.807) is 0 Å². The van der Waals surface area contributed by atoms with E-state index in [0.29, 0.717) is 5.36 Å². The molecule has 0 spiro atoms. The third-order valence-corrected chi connectivity index (χ3v) is 4.33. The number of nitrogens with one attached hydrogen (secondary N) is 1. The van der Waals surface area contributed by atoms with E-state index < -0.39 is 0 Å². The average Bonchev–Trinajstić information content (AvgIpc) is 2.56. The van der Waals surface area contributed by atoms with Gasteiger partial charge in [0.25, 0.3) is 0 Å². The molecule has 0 fully saturated rings. The predicted molar refractivity (Wildman–Crippen MR) is 95.2 cm³/mol. The van der Waals surface area contributed by atoms with Gasteiger partial charge in [0.1, 0.15) is 0 Å². The third kappa shape index (κ3) is 2.09. The maximum atomic E-state index is 7.96. The molecule has 2 aromatic carbocycles. The highest BCUT2D eigenvalue weighted by atomic mass is 15.0. The van der Waals surface area contributed by atoms with Crippen LogP contribution in [0.4, 0.5) is 5.69 Å². The minimum Gasteiger partial charge on any atom is -0.399 e. The summed E-state index contributed by atoms with van der Waals surface area (Å²) in [7, 11) is 2.05. The van der Waals surface area contributed by atoms with Crippen molar-refractivity contribution in [3.8, 4) is 22.5 Å². The molecule has 2 aliphatic rings. The SMILES string of the molecule is Cn1c2cc(=N)ccc-2c2ccc(N)cc2c1-c1ccccc1. The van der Waals surface area contributed by atoms with Gasteiger partial charge in [-0.25, -0.2) is 0 Å². The molecule has 0 bridgehead atoms. The number of nitrogen functional groups attached to an aromatic ring is 1. The molecule has 1 aliphatic heterocycles. The summed E-state index contributed by atoms with van der Waals surface area (Å²) in [5, 5.41) is 10.8. The molecule has 112 valence electrons. The predicted octanol–water partition coefficient (Wildman–Crippen LogP) is 4.01. The molecule has 23 heavy (non-hydrogen) atoms. The van der Waals surface area contributed by atoms with Gasteiger partial charge in [0.05, 0.1) is 16.7 Å². The number of anilines is 1. The minimum atomic E-state index is 0.516. The van der Waals surface area contributed by atoms with Gasteiger partial charge in [-0.05, 0) is 35.2 Å².